The number of hydrogen-bond acceptors (Lipinski definition) is 2. The number of amides is 3. The molecular formula is C17H14Cl2FN3O2. The van der Waals surface area contributed by atoms with Gasteiger partial charge in [-0.15, -0.1) is 0 Å². The second kappa shape index (κ2) is 7.29. The molecule has 1 aliphatic rings. The van der Waals surface area contributed by atoms with Crippen LogP contribution in [0, 0.1) is 5.82 Å². The van der Waals surface area contributed by atoms with Gasteiger partial charge in [0, 0.05) is 23.7 Å². The summed E-state index contributed by atoms with van der Waals surface area (Å²) in [5, 5.41) is 6.10. The van der Waals surface area contributed by atoms with E-state index in [0.717, 1.165) is 0 Å². The summed E-state index contributed by atoms with van der Waals surface area (Å²) in [6, 6.07) is 9.60. The number of anilines is 2. The quantitative estimate of drug-likeness (QED) is 0.841. The van der Waals surface area contributed by atoms with Crippen molar-refractivity contribution >= 4 is 46.5 Å². The van der Waals surface area contributed by atoms with Gasteiger partial charge in [-0.3, -0.25) is 4.79 Å². The van der Waals surface area contributed by atoms with Crippen LogP contribution in [-0.2, 0) is 4.79 Å². The smallest absolute Gasteiger partial charge is 0.319 e. The van der Waals surface area contributed by atoms with Gasteiger partial charge in [0.05, 0.1) is 16.8 Å². The number of urea groups is 1. The third-order valence-corrected chi connectivity index (χ3v) is 4.32. The molecule has 2 aromatic carbocycles. The number of carbonyl (C=O) groups is 2. The Bertz CT molecular complexity index is 831. The minimum Gasteiger partial charge on any atom is -0.333 e. The normalized spacial score (nSPS) is 16.8. The molecule has 5 nitrogen and oxygen atoms in total. The van der Waals surface area contributed by atoms with Gasteiger partial charge in [-0.2, -0.15) is 0 Å². The molecule has 0 saturated carbocycles. The Morgan fingerprint density at radius 2 is 2.00 bits per heavy atom. The molecule has 130 valence electrons. The van der Waals surface area contributed by atoms with Gasteiger partial charge in [-0.25, -0.2) is 9.18 Å². The standard InChI is InChI=1S/C17H14Cl2FN3O2/c18-10-4-5-14(19)15(6-10)22-17(25)21-12-8-16(24)23(9-12)13-3-1-2-11(20)7-13/h1-7,12H,8-9H2,(H2,21,22,25)/t12-/m0/s1. The first-order valence-electron chi connectivity index (χ1n) is 7.51. The van der Waals surface area contributed by atoms with Crippen molar-refractivity contribution in [3.8, 4) is 0 Å². The lowest BCUT2D eigenvalue weighted by Gasteiger charge is -2.17. The highest BCUT2D eigenvalue weighted by molar-refractivity contribution is 6.35. The molecule has 0 spiro atoms. The number of nitrogens with one attached hydrogen (secondary N) is 2. The highest BCUT2D eigenvalue weighted by Crippen LogP contribution is 2.26. The highest BCUT2D eigenvalue weighted by atomic mass is 35.5. The summed E-state index contributed by atoms with van der Waals surface area (Å²) in [6.07, 6.45) is 0.132. The molecule has 0 aromatic heterocycles. The predicted molar refractivity (Wildman–Crippen MR) is 95.8 cm³/mol. The Labute approximate surface area is 153 Å². The van der Waals surface area contributed by atoms with E-state index in [9.17, 15) is 14.0 Å². The topological polar surface area (TPSA) is 61.4 Å². The van der Waals surface area contributed by atoms with Gasteiger partial charge in [0.2, 0.25) is 5.91 Å². The molecule has 3 rings (SSSR count). The van der Waals surface area contributed by atoms with Gasteiger partial charge in [-0.1, -0.05) is 29.3 Å². The van der Waals surface area contributed by atoms with Crippen LogP contribution >= 0.6 is 23.2 Å². The number of hydrogen-bond donors (Lipinski definition) is 2. The second-order valence-electron chi connectivity index (χ2n) is 5.61. The fourth-order valence-electron chi connectivity index (χ4n) is 2.63. The predicted octanol–water partition coefficient (Wildman–Crippen LogP) is 4.06. The van der Waals surface area contributed by atoms with Gasteiger partial charge < -0.3 is 15.5 Å². The van der Waals surface area contributed by atoms with Crippen molar-refractivity contribution in [2.24, 2.45) is 0 Å². The summed E-state index contributed by atoms with van der Waals surface area (Å²) >= 11 is 11.9. The molecular weight excluding hydrogens is 368 g/mol. The van der Waals surface area contributed by atoms with Crippen LogP contribution in [-0.4, -0.2) is 24.5 Å². The lowest BCUT2D eigenvalue weighted by atomic mass is 10.2. The summed E-state index contributed by atoms with van der Waals surface area (Å²) in [4.78, 5) is 25.7. The minimum absolute atomic E-state index is 0.132. The van der Waals surface area contributed by atoms with Gasteiger partial charge in [0.25, 0.3) is 0 Å². The maximum Gasteiger partial charge on any atom is 0.319 e. The molecule has 8 heteroatoms. The Kier molecular flexibility index (Phi) is 5.11. The Hall–Kier alpha value is -2.31. The van der Waals surface area contributed by atoms with Gasteiger partial charge in [-0.05, 0) is 36.4 Å². The molecule has 2 N–H and O–H groups in total. The van der Waals surface area contributed by atoms with E-state index in [0.29, 0.717) is 21.4 Å². The van der Waals surface area contributed by atoms with E-state index in [4.69, 9.17) is 23.2 Å². The molecule has 0 unspecified atom stereocenters. The lowest BCUT2D eigenvalue weighted by Crippen LogP contribution is -2.39. The molecule has 1 atom stereocenters. The largest absolute Gasteiger partial charge is 0.333 e. The van der Waals surface area contributed by atoms with E-state index >= 15 is 0 Å². The molecule has 0 bridgehead atoms. The SMILES string of the molecule is O=C(Nc1cc(Cl)ccc1Cl)N[C@H]1CC(=O)N(c2cccc(F)c2)C1. The number of benzene rings is 2. The van der Waals surface area contributed by atoms with Gasteiger partial charge >= 0.3 is 6.03 Å². The zero-order chi connectivity index (χ0) is 18.0. The van der Waals surface area contributed by atoms with E-state index in [1.54, 1.807) is 18.2 Å². The number of halogens is 3. The van der Waals surface area contributed by atoms with E-state index in [2.05, 4.69) is 10.6 Å². The molecule has 2 aromatic rings. The number of carbonyl (C=O) groups excluding carboxylic acids is 2. The lowest BCUT2D eigenvalue weighted by molar-refractivity contribution is -0.117. The molecule has 25 heavy (non-hydrogen) atoms. The van der Waals surface area contributed by atoms with Crippen LogP contribution in [0.25, 0.3) is 0 Å². The van der Waals surface area contributed by atoms with Crippen LogP contribution in [0.15, 0.2) is 42.5 Å². The van der Waals surface area contributed by atoms with Crippen molar-refractivity contribution < 1.29 is 14.0 Å². The zero-order valence-corrected chi connectivity index (χ0v) is 14.4. The first-order valence-corrected chi connectivity index (χ1v) is 8.26. The number of nitrogens with zero attached hydrogens (tertiary/aromatic N) is 1. The van der Waals surface area contributed by atoms with Crippen LogP contribution in [0.1, 0.15) is 6.42 Å². The van der Waals surface area contributed by atoms with Crippen molar-refractivity contribution in [3.63, 3.8) is 0 Å². The molecule has 3 amide bonds. The maximum atomic E-state index is 13.3. The molecule has 1 aliphatic heterocycles. The van der Waals surface area contributed by atoms with Crippen molar-refractivity contribution in [3.05, 3.63) is 58.3 Å². The average molecular weight is 382 g/mol. The van der Waals surface area contributed by atoms with E-state index in [1.807, 2.05) is 0 Å². The molecule has 0 radical (unpaired) electrons. The minimum atomic E-state index is -0.497. The van der Waals surface area contributed by atoms with Crippen molar-refractivity contribution in [1.29, 1.82) is 0 Å². The van der Waals surface area contributed by atoms with Gasteiger partial charge in [0.15, 0.2) is 0 Å². The molecule has 1 heterocycles. The van der Waals surface area contributed by atoms with Crippen LogP contribution in [0.3, 0.4) is 0 Å². The summed E-state index contributed by atoms with van der Waals surface area (Å²) in [6.45, 7) is 0.263. The monoisotopic (exact) mass is 381 g/mol. The van der Waals surface area contributed by atoms with Crippen molar-refractivity contribution in [2.75, 3.05) is 16.8 Å². The first-order chi connectivity index (χ1) is 11.9. The average Bonchev–Trinajstić information content (AvgIpc) is 2.91. The summed E-state index contributed by atoms with van der Waals surface area (Å²) in [5.41, 5.74) is 0.838. The number of rotatable bonds is 3. The van der Waals surface area contributed by atoms with Crippen molar-refractivity contribution in [2.45, 2.75) is 12.5 Å². The summed E-state index contributed by atoms with van der Waals surface area (Å²) in [7, 11) is 0. The third-order valence-electron chi connectivity index (χ3n) is 3.76. The van der Waals surface area contributed by atoms with Crippen LogP contribution in [0.5, 0.6) is 0 Å². The first kappa shape index (κ1) is 17.5. The van der Waals surface area contributed by atoms with Crippen LogP contribution in [0.4, 0.5) is 20.6 Å². The Morgan fingerprint density at radius 3 is 2.76 bits per heavy atom. The Morgan fingerprint density at radius 1 is 1.20 bits per heavy atom. The van der Waals surface area contributed by atoms with Crippen molar-refractivity contribution in [1.82, 2.24) is 5.32 Å². The van der Waals surface area contributed by atoms with Crippen LogP contribution < -0.4 is 15.5 Å². The summed E-state index contributed by atoms with van der Waals surface area (Å²) in [5.74, 6) is -0.605. The van der Waals surface area contributed by atoms with Crippen LogP contribution in [0.2, 0.25) is 10.0 Å². The third kappa shape index (κ3) is 4.21. The van der Waals surface area contributed by atoms with E-state index in [-0.39, 0.29) is 18.9 Å². The molecule has 1 fully saturated rings. The molecule has 0 aliphatic carbocycles. The highest BCUT2D eigenvalue weighted by Gasteiger charge is 2.31. The van der Waals surface area contributed by atoms with E-state index in [1.165, 1.54) is 29.2 Å². The fourth-order valence-corrected chi connectivity index (χ4v) is 2.97. The zero-order valence-electron chi connectivity index (χ0n) is 12.9. The Balaban J connectivity index is 1.63. The van der Waals surface area contributed by atoms with E-state index < -0.39 is 17.9 Å². The van der Waals surface area contributed by atoms with Gasteiger partial charge in [0.1, 0.15) is 5.82 Å². The summed E-state index contributed by atoms with van der Waals surface area (Å²) < 4.78 is 13.3. The maximum absolute atomic E-state index is 13.3. The molecule has 1 saturated heterocycles. The second-order valence-corrected chi connectivity index (χ2v) is 6.45. The fraction of sp³-hybridized carbons (Fsp3) is 0.176.